The van der Waals surface area contributed by atoms with E-state index < -0.39 is 0 Å². The smallest absolute Gasteiger partial charge is 0.195 e. The summed E-state index contributed by atoms with van der Waals surface area (Å²) in [5.74, 6) is 1.35. The van der Waals surface area contributed by atoms with Crippen LogP contribution >= 0.6 is 0 Å². The fourth-order valence-electron chi connectivity index (χ4n) is 4.36. The molecule has 3 heterocycles. The first-order valence-corrected chi connectivity index (χ1v) is 11.5. The minimum absolute atomic E-state index is 0.0389. The van der Waals surface area contributed by atoms with Gasteiger partial charge in [-0.2, -0.15) is 0 Å². The van der Waals surface area contributed by atoms with E-state index in [-0.39, 0.29) is 24.5 Å². The van der Waals surface area contributed by atoms with E-state index in [4.69, 9.17) is 9.47 Å². The molecule has 2 aromatic heterocycles. The predicted octanol–water partition coefficient (Wildman–Crippen LogP) is 4.85. The van der Waals surface area contributed by atoms with Gasteiger partial charge in [-0.1, -0.05) is 18.2 Å². The van der Waals surface area contributed by atoms with Gasteiger partial charge in [0.05, 0.1) is 30.3 Å². The molecule has 5 rings (SSSR count). The molecule has 3 N–H and O–H groups in total. The second kappa shape index (κ2) is 9.67. The highest BCUT2D eigenvalue weighted by Gasteiger charge is 2.24. The molecule has 0 bridgehead atoms. The second-order valence-corrected chi connectivity index (χ2v) is 8.56. The molecule has 2 atom stereocenters. The number of hydrogen-bond acceptors (Lipinski definition) is 6. The van der Waals surface area contributed by atoms with Gasteiger partial charge in [-0.25, -0.2) is 4.98 Å². The maximum atomic E-state index is 13.6. The van der Waals surface area contributed by atoms with Gasteiger partial charge in [-0.15, -0.1) is 0 Å². The first-order chi connectivity index (χ1) is 16.6. The average Bonchev–Trinajstić information content (AvgIpc) is 3.30. The van der Waals surface area contributed by atoms with E-state index in [1.54, 1.807) is 12.4 Å². The fourth-order valence-corrected chi connectivity index (χ4v) is 4.36. The Hall–Kier alpha value is -3.68. The number of pyridine rings is 1. The Labute approximate surface area is 197 Å². The topological polar surface area (TPSA) is 96.5 Å². The lowest BCUT2D eigenvalue weighted by molar-refractivity contribution is -0.0223. The highest BCUT2D eigenvalue weighted by atomic mass is 16.5. The number of ether oxygens (including phenoxy) is 2. The van der Waals surface area contributed by atoms with Crippen LogP contribution in [0.4, 0.5) is 5.69 Å². The van der Waals surface area contributed by atoms with Gasteiger partial charge in [0, 0.05) is 29.7 Å². The molecular formula is C27H27N3O4. The van der Waals surface area contributed by atoms with E-state index >= 15 is 0 Å². The number of aromatic nitrogens is 2. The van der Waals surface area contributed by atoms with Gasteiger partial charge < -0.3 is 24.9 Å². The summed E-state index contributed by atoms with van der Waals surface area (Å²) in [6.45, 7) is 2.45. The van der Waals surface area contributed by atoms with Crippen LogP contribution in [0.1, 0.15) is 34.3 Å². The normalized spacial score (nSPS) is 18.1. The number of aliphatic hydroxyl groups excluding tert-OH is 1. The first kappa shape index (κ1) is 22.1. The Morgan fingerprint density at radius 1 is 1.15 bits per heavy atom. The molecule has 0 amide bonds. The van der Waals surface area contributed by atoms with Crippen molar-refractivity contribution >= 4 is 22.5 Å². The number of benzene rings is 2. The number of rotatable bonds is 7. The molecule has 0 unspecified atom stereocenters. The van der Waals surface area contributed by atoms with E-state index in [0.29, 0.717) is 29.1 Å². The van der Waals surface area contributed by atoms with E-state index in [1.165, 1.54) is 0 Å². The summed E-state index contributed by atoms with van der Waals surface area (Å²) in [6.07, 6.45) is 5.01. The molecular weight excluding hydrogens is 430 g/mol. The number of anilines is 1. The van der Waals surface area contributed by atoms with E-state index in [0.717, 1.165) is 35.2 Å². The zero-order chi connectivity index (χ0) is 23.5. The van der Waals surface area contributed by atoms with Crippen LogP contribution in [0.2, 0.25) is 0 Å². The first-order valence-electron chi connectivity index (χ1n) is 11.5. The number of nitrogens with one attached hydrogen (secondary N) is 2. The van der Waals surface area contributed by atoms with Crippen molar-refractivity contribution in [1.82, 2.24) is 9.97 Å². The van der Waals surface area contributed by atoms with Crippen LogP contribution in [0.15, 0.2) is 67.0 Å². The van der Waals surface area contributed by atoms with Crippen LogP contribution in [-0.2, 0) is 4.74 Å². The largest absolute Gasteiger partial charge is 0.457 e. The highest BCUT2D eigenvalue weighted by Crippen LogP contribution is 2.31. The summed E-state index contributed by atoms with van der Waals surface area (Å²) >= 11 is 0. The third-order valence-corrected chi connectivity index (χ3v) is 6.17. The molecule has 0 spiro atoms. The summed E-state index contributed by atoms with van der Waals surface area (Å²) in [6, 6.07) is 17.0. The summed E-state index contributed by atoms with van der Waals surface area (Å²) in [5, 5.41) is 13.6. The van der Waals surface area contributed by atoms with E-state index in [9.17, 15) is 9.90 Å². The molecule has 1 aliphatic heterocycles. The number of carbonyl (C=O) groups is 1. The molecule has 174 valence electrons. The van der Waals surface area contributed by atoms with Crippen molar-refractivity contribution in [1.29, 1.82) is 0 Å². The zero-order valence-corrected chi connectivity index (χ0v) is 19.0. The van der Waals surface area contributed by atoms with Gasteiger partial charge in [0.25, 0.3) is 0 Å². The van der Waals surface area contributed by atoms with Crippen LogP contribution in [0.3, 0.4) is 0 Å². The van der Waals surface area contributed by atoms with E-state index in [2.05, 4.69) is 15.3 Å². The van der Waals surface area contributed by atoms with Crippen LogP contribution < -0.4 is 10.1 Å². The van der Waals surface area contributed by atoms with Crippen molar-refractivity contribution in [2.24, 2.45) is 0 Å². The number of aromatic amines is 1. The summed E-state index contributed by atoms with van der Waals surface area (Å²) in [5.41, 5.74) is 3.51. The number of hydrogen-bond donors (Lipinski definition) is 3. The van der Waals surface area contributed by atoms with Crippen LogP contribution in [0, 0.1) is 6.92 Å². The van der Waals surface area contributed by atoms with Crippen LogP contribution in [0.5, 0.6) is 11.5 Å². The fraction of sp³-hybridized carbons (Fsp3) is 0.259. The molecule has 1 saturated heterocycles. The third kappa shape index (κ3) is 4.53. The standard InChI is InChI=1S/C27H27N3O4/c1-17-13-20(34-19-5-3-2-4-6-19)9-10-22(17)26(32)23-14-29-27-25(23)24(11-12-28-27)30-18-7-8-21(15-31)33-16-18/h2-6,9-14,18,21,31H,7-8,15-16H2,1H3,(H2,28,29,30)/t18-,21+/m1/s1. The number of H-pyrrole nitrogens is 1. The number of carbonyl (C=O) groups excluding carboxylic acids is 1. The van der Waals surface area contributed by atoms with Crippen LogP contribution in [0.25, 0.3) is 11.0 Å². The number of nitrogens with zero attached hydrogens (tertiary/aromatic N) is 1. The van der Waals surface area contributed by atoms with Gasteiger partial charge in [-0.05, 0) is 61.7 Å². The number of aliphatic hydroxyl groups is 1. The van der Waals surface area contributed by atoms with E-state index in [1.807, 2.05) is 61.5 Å². The second-order valence-electron chi connectivity index (χ2n) is 8.56. The van der Waals surface area contributed by atoms with Gasteiger partial charge in [-0.3, -0.25) is 4.79 Å². The van der Waals surface area contributed by atoms with Crippen molar-refractivity contribution in [2.75, 3.05) is 18.5 Å². The quantitative estimate of drug-likeness (QED) is 0.344. The molecule has 4 aromatic rings. The monoisotopic (exact) mass is 457 g/mol. The Morgan fingerprint density at radius 3 is 2.74 bits per heavy atom. The Bertz CT molecular complexity index is 1290. The van der Waals surface area contributed by atoms with Crippen molar-refractivity contribution in [3.8, 4) is 11.5 Å². The minimum atomic E-state index is -0.100. The zero-order valence-electron chi connectivity index (χ0n) is 19.0. The van der Waals surface area contributed by atoms with Gasteiger partial charge in [0.1, 0.15) is 17.1 Å². The minimum Gasteiger partial charge on any atom is -0.457 e. The number of ketones is 1. The SMILES string of the molecule is Cc1cc(Oc2ccccc2)ccc1C(=O)c1c[nH]c2nccc(N[C@@H]3CC[C@@H](CO)OC3)c12. The lowest BCUT2D eigenvalue weighted by Gasteiger charge is -2.29. The molecule has 2 aromatic carbocycles. The summed E-state index contributed by atoms with van der Waals surface area (Å²) in [7, 11) is 0. The molecule has 7 heteroatoms. The molecule has 1 aliphatic rings. The lowest BCUT2D eigenvalue weighted by atomic mass is 9.98. The van der Waals surface area contributed by atoms with Crippen molar-refractivity contribution in [3.63, 3.8) is 0 Å². The number of para-hydroxylation sites is 1. The number of aryl methyl sites for hydroxylation is 1. The highest BCUT2D eigenvalue weighted by molar-refractivity contribution is 6.19. The molecule has 0 aliphatic carbocycles. The summed E-state index contributed by atoms with van der Waals surface area (Å²) in [4.78, 5) is 21.1. The Morgan fingerprint density at radius 2 is 2.00 bits per heavy atom. The van der Waals surface area contributed by atoms with Gasteiger partial charge in [0.2, 0.25) is 0 Å². The molecule has 1 fully saturated rings. The van der Waals surface area contributed by atoms with Crippen molar-refractivity contribution in [2.45, 2.75) is 31.9 Å². The summed E-state index contributed by atoms with van der Waals surface area (Å²) < 4.78 is 11.6. The maximum absolute atomic E-state index is 13.6. The predicted molar refractivity (Wildman–Crippen MR) is 131 cm³/mol. The maximum Gasteiger partial charge on any atom is 0.195 e. The van der Waals surface area contributed by atoms with Gasteiger partial charge in [0.15, 0.2) is 5.78 Å². The molecule has 7 nitrogen and oxygen atoms in total. The Kier molecular flexibility index (Phi) is 6.29. The average molecular weight is 458 g/mol. The molecule has 0 saturated carbocycles. The van der Waals surface area contributed by atoms with Gasteiger partial charge >= 0.3 is 0 Å². The Balaban J connectivity index is 1.40. The van der Waals surface area contributed by atoms with Crippen molar-refractivity contribution in [3.05, 3.63) is 83.7 Å². The van der Waals surface area contributed by atoms with Crippen LogP contribution in [-0.4, -0.2) is 46.2 Å². The molecule has 0 radical (unpaired) electrons. The lowest BCUT2D eigenvalue weighted by Crippen LogP contribution is -2.36. The molecule has 34 heavy (non-hydrogen) atoms. The third-order valence-electron chi connectivity index (χ3n) is 6.17. The van der Waals surface area contributed by atoms with Crippen molar-refractivity contribution < 1.29 is 19.4 Å². The number of fused-ring (bicyclic) bond motifs is 1.